The van der Waals surface area contributed by atoms with Crippen LogP contribution in [0.5, 0.6) is 0 Å². The zero-order valence-corrected chi connectivity index (χ0v) is 16.1. The lowest BCUT2D eigenvalue weighted by Gasteiger charge is -2.22. The van der Waals surface area contributed by atoms with E-state index in [1.807, 2.05) is 30.0 Å². The minimum atomic E-state index is -0.271. The molecule has 1 amide bonds. The Bertz CT molecular complexity index is 1060. The lowest BCUT2D eigenvalue weighted by atomic mass is 10.1. The van der Waals surface area contributed by atoms with Crippen LogP contribution in [-0.2, 0) is 11.3 Å². The molecule has 140 valence electrons. The van der Waals surface area contributed by atoms with Crippen molar-refractivity contribution in [2.24, 2.45) is 0 Å². The number of benzene rings is 1. The molecule has 1 aromatic carbocycles. The number of anilines is 1. The molecule has 0 spiro atoms. The van der Waals surface area contributed by atoms with Crippen LogP contribution in [0.1, 0.15) is 29.7 Å². The molecule has 0 radical (unpaired) electrons. The number of rotatable bonds is 4. The molecule has 27 heavy (non-hydrogen) atoms. The summed E-state index contributed by atoms with van der Waals surface area (Å²) in [6.07, 6.45) is 1.69. The van der Waals surface area contributed by atoms with Crippen molar-refractivity contribution in [3.63, 3.8) is 0 Å². The summed E-state index contributed by atoms with van der Waals surface area (Å²) >= 11 is 1.35. The highest BCUT2D eigenvalue weighted by atomic mass is 32.1. The summed E-state index contributed by atoms with van der Waals surface area (Å²) in [6, 6.07) is 9.30. The minimum Gasteiger partial charge on any atom is -0.350 e. The second-order valence-corrected chi connectivity index (χ2v) is 7.81. The highest BCUT2D eigenvalue weighted by Crippen LogP contribution is 2.29. The van der Waals surface area contributed by atoms with Crippen LogP contribution in [0.3, 0.4) is 0 Å². The van der Waals surface area contributed by atoms with Crippen LogP contribution in [0.2, 0.25) is 0 Å². The lowest BCUT2D eigenvalue weighted by Crippen LogP contribution is -2.43. The van der Waals surface area contributed by atoms with Gasteiger partial charge >= 0.3 is 0 Å². The third-order valence-electron chi connectivity index (χ3n) is 4.71. The molecule has 1 aliphatic heterocycles. The van der Waals surface area contributed by atoms with Crippen LogP contribution in [0.4, 0.5) is 5.13 Å². The molecule has 0 unspecified atom stereocenters. The van der Waals surface area contributed by atoms with Crippen LogP contribution in [0, 0.1) is 13.8 Å². The minimum absolute atomic E-state index is 0.00949. The zero-order valence-electron chi connectivity index (χ0n) is 15.3. The number of hydrogen-bond acceptors (Lipinski definition) is 6. The van der Waals surface area contributed by atoms with Crippen molar-refractivity contribution in [1.29, 1.82) is 0 Å². The summed E-state index contributed by atoms with van der Waals surface area (Å²) in [5.41, 5.74) is 2.73. The van der Waals surface area contributed by atoms with Gasteiger partial charge in [-0.05, 0) is 32.3 Å². The van der Waals surface area contributed by atoms with Gasteiger partial charge in [-0.25, -0.2) is 4.98 Å². The molecule has 7 nitrogen and oxygen atoms in total. The SMILES string of the molecule is Cc1cccc(CNC(=O)[C@@H]2CCCN2c2nn3c(=O)cc(C)nc3s2)c1. The first kappa shape index (κ1) is 17.7. The third kappa shape index (κ3) is 3.57. The smallest absolute Gasteiger partial charge is 0.275 e. The molecule has 4 rings (SSSR count). The molecule has 1 fully saturated rings. The second-order valence-electron chi connectivity index (χ2n) is 6.87. The molecule has 3 aromatic rings. The van der Waals surface area contributed by atoms with E-state index in [1.54, 1.807) is 6.92 Å². The molecule has 3 heterocycles. The first-order valence-corrected chi connectivity index (χ1v) is 9.80. The van der Waals surface area contributed by atoms with Gasteiger partial charge in [-0.2, -0.15) is 4.52 Å². The van der Waals surface area contributed by atoms with E-state index >= 15 is 0 Å². The topological polar surface area (TPSA) is 79.6 Å². The number of nitrogens with zero attached hydrogens (tertiary/aromatic N) is 4. The molecule has 1 saturated heterocycles. The van der Waals surface area contributed by atoms with Gasteiger partial charge in [0, 0.05) is 24.8 Å². The van der Waals surface area contributed by atoms with E-state index in [1.165, 1.54) is 27.5 Å². The Kier molecular flexibility index (Phi) is 4.65. The van der Waals surface area contributed by atoms with E-state index in [0.29, 0.717) is 22.3 Å². The van der Waals surface area contributed by atoms with Gasteiger partial charge in [0.1, 0.15) is 6.04 Å². The van der Waals surface area contributed by atoms with Crippen LogP contribution >= 0.6 is 11.3 Å². The number of fused-ring (bicyclic) bond motifs is 1. The highest BCUT2D eigenvalue weighted by Gasteiger charge is 2.33. The van der Waals surface area contributed by atoms with Crippen molar-refractivity contribution < 1.29 is 4.79 Å². The summed E-state index contributed by atoms with van der Waals surface area (Å²) < 4.78 is 1.31. The molecule has 1 aliphatic rings. The number of carbonyl (C=O) groups excluding carboxylic acids is 1. The molecular formula is C19H21N5O2S. The fourth-order valence-corrected chi connectivity index (χ4v) is 4.45. The Morgan fingerprint density at radius 1 is 1.33 bits per heavy atom. The standard InChI is InChI=1S/C19H21N5O2S/c1-12-5-3-6-14(9-12)11-20-17(26)15-7-4-8-23(15)19-22-24-16(25)10-13(2)21-18(24)27-19/h3,5-6,9-10,15H,4,7-8,11H2,1-2H3,(H,20,26)/t15-/m0/s1. The molecule has 1 N–H and O–H groups in total. The van der Waals surface area contributed by atoms with Crippen LogP contribution in [0.25, 0.3) is 4.96 Å². The van der Waals surface area contributed by atoms with Crippen LogP contribution in [-0.4, -0.2) is 33.1 Å². The van der Waals surface area contributed by atoms with Gasteiger partial charge in [0.2, 0.25) is 16.0 Å². The highest BCUT2D eigenvalue weighted by molar-refractivity contribution is 7.20. The summed E-state index contributed by atoms with van der Waals surface area (Å²) in [5, 5.41) is 8.10. The molecule has 0 saturated carbocycles. The van der Waals surface area contributed by atoms with Crippen LogP contribution in [0.15, 0.2) is 35.1 Å². The maximum Gasteiger partial charge on any atom is 0.275 e. The summed E-state index contributed by atoms with van der Waals surface area (Å²) in [4.78, 5) is 31.8. The lowest BCUT2D eigenvalue weighted by molar-refractivity contribution is -0.122. The van der Waals surface area contributed by atoms with Crippen molar-refractivity contribution in [1.82, 2.24) is 19.9 Å². The Balaban J connectivity index is 1.52. The second kappa shape index (κ2) is 7.11. The van der Waals surface area contributed by atoms with E-state index in [-0.39, 0.29) is 17.5 Å². The molecule has 0 aliphatic carbocycles. The maximum atomic E-state index is 12.8. The van der Waals surface area contributed by atoms with Crippen molar-refractivity contribution >= 4 is 27.3 Å². The van der Waals surface area contributed by atoms with Crippen LogP contribution < -0.4 is 15.8 Å². The van der Waals surface area contributed by atoms with E-state index in [4.69, 9.17) is 0 Å². The largest absolute Gasteiger partial charge is 0.350 e. The van der Waals surface area contributed by atoms with Gasteiger partial charge in [0.15, 0.2) is 0 Å². The molecule has 1 atom stereocenters. The van der Waals surface area contributed by atoms with Crippen molar-refractivity contribution in [3.8, 4) is 0 Å². The van der Waals surface area contributed by atoms with E-state index in [0.717, 1.165) is 24.9 Å². The number of nitrogens with one attached hydrogen (secondary N) is 1. The quantitative estimate of drug-likeness (QED) is 0.746. The molecule has 2 aromatic heterocycles. The average Bonchev–Trinajstić information content (AvgIpc) is 3.26. The predicted molar refractivity (Wildman–Crippen MR) is 105 cm³/mol. The Hall–Kier alpha value is -2.74. The number of aromatic nitrogens is 3. The van der Waals surface area contributed by atoms with Gasteiger partial charge in [-0.3, -0.25) is 9.59 Å². The predicted octanol–water partition coefficient (Wildman–Crippen LogP) is 2.05. The molecule has 8 heteroatoms. The van der Waals surface area contributed by atoms with Crippen molar-refractivity contribution in [2.45, 2.75) is 39.3 Å². The van der Waals surface area contributed by atoms with Gasteiger partial charge in [-0.15, -0.1) is 5.10 Å². The normalized spacial score (nSPS) is 16.8. The van der Waals surface area contributed by atoms with E-state index in [2.05, 4.69) is 21.5 Å². The average molecular weight is 383 g/mol. The third-order valence-corrected chi connectivity index (χ3v) is 5.66. The number of hydrogen-bond donors (Lipinski definition) is 1. The Morgan fingerprint density at radius 2 is 2.19 bits per heavy atom. The number of carbonyl (C=O) groups is 1. The maximum absolute atomic E-state index is 12.8. The van der Waals surface area contributed by atoms with Gasteiger partial charge in [0.05, 0.1) is 0 Å². The Labute approximate surface area is 160 Å². The molecule has 0 bridgehead atoms. The van der Waals surface area contributed by atoms with Crippen molar-refractivity contribution in [3.05, 3.63) is 57.5 Å². The van der Waals surface area contributed by atoms with E-state index in [9.17, 15) is 9.59 Å². The first-order chi connectivity index (χ1) is 13.0. The van der Waals surface area contributed by atoms with Crippen molar-refractivity contribution in [2.75, 3.05) is 11.4 Å². The fourth-order valence-electron chi connectivity index (χ4n) is 3.42. The summed E-state index contributed by atoms with van der Waals surface area (Å²) in [6.45, 7) is 5.08. The first-order valence-electron chi connectivity index (χ1n) is 8.99. The van der Waals surface area contributed by atoms with Gasteiger partial charge in [0.25, 0.3) is 5.56 Å². The number of amides is 1. The van der Waals surface area contributed by atoms with Gasteiger partial charge < -0.3 is 10.2 Å². The van der Waals surface area contributed by atoms with Gasteiger partial charge in [-0.1, -0.05) is 41.2 Å². The molecular weight excluding hydrogens is 362 g/mol. The fraction of sp³-hybridized carbons (Fsp3) is 0.368. The zero-order chi connectivity index (χ0) is 19.0. The monoisotopic (exact) mass is 383 g/mol. The Morgan fingerprint density at radius 3 is 3.00 bits per heavy atom. The van der Waals surface area contributed by atoms with E-state index < -0.39 is 0 Å². The summed E-state index contributed by atoms with van der Waals surface area (Å²) in [5.74, 6) is -0.00949. The summed E-state index contributed by atoms with van der Waals surface area (Å²) in [7, 11) is 0. The number of aryl methyl sites for hydroxylation is 2.